The highest BCUT2D eigenvalue weighted by molar-refractivity contribution is 5.48. The van der Waals surface area contributed by atoms with E-state index in [0.29, 0.717) is 24.2 Å². The summed E-state index contributed by atoms with van der Waals surface area (Å²) in [7, 11) is 1.62. The van der Waals surface area contributed by atoms with Gasteiger partial charge in [0.15, 0.2) is 6.23 Å². The minimum absolute atomic E-state index is 0.0526. The summed E-state index contributed by atoms with van der Waals surface area (Å²) in [6, 6.07) is 27.5. The molecular formula is C33H36N2O7. The van der Waals surface area contributed by atoms with Crippen molar-refractivity contribution in [2.45, 2.75) is 43.8 Å². The van der Waals surface area contributed by atoms with Crippen LogP contribution in [-0.2, 0) is 15.1 Å². The molecule has 1 aromatic heterocycles. The van der Waals surface area contributed by atoms with Gasteiger partial charge in [0.05, 0.1) is 19.8 Å². The fourth-order valence-electron chi connectivity index (χ4n) is 5.77. The van der Waals surface area contributed by atoms with E-state index < -0.39 is 41.2 Å². The molecule has 0 saturated carbocycles. The van der Waals surface area contributed by atoms with E-state index in [-0.39, 0.29) is 13.2 Å². The van der Waals surface area contributed by atoms with Crippen LogP contribution in [0.25, 0.3) is 0 Å². The van der Waals surface area contributed by atoms with Crippen LogP contribution in [0.5, 0.6) is 5.75 Å². The Morgan fingerprint density at radius 1 is 0.929 bits per heavy atom. The number of ether oxygens (including phenoxy) is 3. The first-order chi connectivity index (χ1) is 20.4. The number of aliphatic hydroxyl groups excluding tert-OH is 2. The van der Waals surface area contributed by atoms with Crippen molar-refractivity contribution in [3.8, 4) is 5.75 Å². The number of aromatic amines is 1. The van der Waals surface area contributed by atoms with Gasteiger partial charge in [-0.15, -0.1) is 0 Å². The largest absolute Gasteiger partial charge is 0.497 e. The molecule has 0 aliphatic carbocycles. The van der Waals surface area contributed by atoms with E-state index in [0.717, 1.165) is 16.7 Å². The zero-order chi connectivity index (χ0) is 29.7. The maximum Gasteiger partial charge on any atom is 0.330 e. The van der Waals surface area contributed by atoms with Gasteiger partial charge >= 0.3 is 5.69 Å². The van der Waals surface area contributed by atoms with Crippen molar-refractivity contribution in [1.29, 1.82) is 0 Å². The Morgan fingerprint density at radius 2 is 1.52 bits per heavy atom. The molecular weight excluding hydrogens is 536 g/mol. The van der Waals surface area contributed by atoms with E-state index >= 15 is 0 Å². The molecule has 0 bridgehead atoms. The first-order valence-electron chi connectivity index (χ1n) is 14.0. The Bertz CT molecular complexity index is 1530. The number of rotatable bonds is 11. The summed E-state index contributed by atoms with van der Waals surface area (Å²) in [5.74, 6) is 0.269. The summed E-state index contributed by atoms with van der Waals surface area (Å²) in [4.78, 5) is 27.0. The third kappa shape index (κ3) is 5.69. The molecule has 0 radical (unpaired) electrons. The summed E-state index contributed by atoms with van der Waals surface area (Å²) < 4.78 is 20.0. The van der Waals surface area contributed by atoms with Crippen molar-refractivity contribution in [2.75, 3.05) is 20.3 Å². The van der Waals surface area contributed by atoms with Gasteiger partial charge in [0.2, 0.25) is 0 Å². The van der Waals surface area contributed by atoms with Crippen LogP contribution in [-0.4, -0.2) is 52.3 Å². The quantitative estimate of drug-likeness (QED) is 0.235. The summed E-state index contributed by atoms with van der Waals surface area (Å²) in [5, 5.41) is 21.0. The SMILES string of the molecule is COc1ccc(C(OC[C@H]2O[C@@H](n3cc(C)c(=O)[nH]c3=O)[C@H](O)[C@@H]2CCCO)(c2ccccc2)c2ccccc2)cc1. The number of H-pyrrole nitrogens is 1. The van der Waals surface area contributed by atoms with Gasteiger partial charge in [-0.1, -0.05) is 72.8 Å². The molecule has 5 rings (SSSR count). The van der Waals surface area contributed by atoms with Crippen LogP contribution in [0.1, 0.15) is 41.3 Å². The first-order valence-corrected chi connectivity index (χ1v) is 14.0. The number of methoxy groups -OCH3 is 1. The molecule has 4 atom stereocenters. The highest BCUT2D eigenvalue weighted by Gasteiger charge is 2.47. The standard InChI is InChI=1S/C33H36N2O7/c1-22-20-35(32(39)34-30(22)38)31-29(37)27(14-9-19-36)28(42-31)21-41-33(23-10-5-3-6-11-23,24-12-7-4-8-13-24)25-15-17-26(40-2)18-16-25/h3-8,10-13,15-18,20,27-29,31,36-37H,9,14,19,21H2,1-2H3,(H,34,38,39)/t27-,28-,29-,31-/m1/s1. The molecule has 3 N–H and O–H groups in total. The maximum atomic E-state index is 12.7. The molecule has 1 aliphatic heterocycles. The Morgan fingerprint density at radius 3 is 2.10 bits per heavy atom. The van der Waals surface area contributed by atoms with E-state index in [1.807, 2.05) is 84.9 Å². The van der Waals surface area contributed by atoms with Crippen molar-refractivity contribution >= 4 is 0 Å². The van der Waals surface area contributed by atoms with Gasteiger partial charge in [0.25, 0.3) is 5.56 Å². The molecule has 4 aromatic rings. The van der Waals surface area contributed by atoms with E-state index in [1.165, 1.54) is 10.8 Å². The van der Waals surface area contributed by atoms with Crippen LogP contribution in [0.4, 0.5) is 0 Å². The number of aromatic nitrogens is 2. The molecule has 220 valence electrons. The second-order valence-electron chi connectivity index (χ2n) is 10.5. The predicted molar refractivity (Wildman–Crippen MR) is 157 cm³/mol. The Kier molecular flexibility index (Phi) is 9.03. The molecule has 0 unspecified atom stereocenters. The van der Waals surface area contributed by atoms with E-state index in [1.54, 1.807) is 14.0 Å². The molecule has 1 fully saturated rings. The van der Waals surface area contributed by atoms with Gasteiger partial charge in [-0.25, -0.2) is 4.79 Å². The zero-order valence-electron chi connectivity index (χ0n) is 23.7. The Balaban J connectivity index is 1.57. The molecule has 2 heterocycles. The molecule has 1 aliphatic rings. The van der Waals surface area contributed by atoms with Crippen LogP contribution in [0.3, 0.4) is 0 Å². The second kappa shape index (κ2) is 12.9. The molecule has 9 nitrogen and oxygen atoms in total. The minimum atomic E-state index is -1.07. The fourth-order valence-corrected chi connectivity index (χ4v) is 5.77. The topological polar surface area (TPSA) is 123 Å². The average molecular weight is 573 g/mol. The molecule has 0 amide bonds. The van der Waals surface area contributed by atoms with Crippen molar-refractivity contribution in [3.05, 3.63) is 134 Å². The first kappa shape index (κ1) is 29.5. The highest BCUT2D eigenvalue weighted by atomic mass is 16.6. The van der Waals surface area contributed by atoms with Crippen molar-refractivity contribution in [3.63, 3.8) is 0 Å². The van der Waals surface area contributed by atoms with Gasteiger partial charge in [-0.2, -0.15) is 0 Å². The van der Waals surface area contributed by atoms with E-state index in [4.69, 9.17) is 14.2 Å². The number of nitrogens with zero attached hydrogens (tertiary/aromatic N) is 1. The minimum Gasteiger partial charge on any atom is -0.497 e. The number of hydrogen-bond acceptors (Lipinski definition) is 7. The number of benzene rings is 3. The van der Waals surface area contributed by atoms with Crippen molar-refractivity contribution < 1.29 is 24.4 Å². The molecule has 1 saturated heterocycles. The van der Waals surface area contributed by atoms with Crippen LogP contribution < -0.4 is 16.0 Å². The van der Waals surface area contributed by atoms with Gasteiger partial charge in [-0.05, 0) is 48.6 Å². The van der Waals surface area contributed by atoms with Gasteiger partial charge in [0, 0.05) is 24.3 Å². The van der Waals surface area contributed by atoms with Crippen LogP contribution in [0.15, 0.2) is 101 Å². The number of aryl methyl sites for hydroxylation is 1. The fraction of sp³-hybridized carbons (Fsp3) is 0.333. The van der Waals surface area contributed by atoms with Gasteiger partial charge in [0.1, 0.15) is 17.5 Å². The Labute approximate surface area is 244 Å². The van der Waals surface area contributed by atoms with E-state index in [2.05, 4.69) is 4.98 Å². The molecule has 3 aromatic carbocycles. The lowest BCUT2D eigenvalue weighted by Crippen LogP contribution is -2.38. The van der Waals surface area contributed by atoms with Gasteiger partial charge in [-0.3, -0.25) is 14.3 Å². The summed E-state index contributed by atoms with van der Waals surface area (Å²) in [6.07, 6.45) is -0.441. The molecule has 9 heteroatoms. The third-order valence-corrected chi connectivity index (χ3v) is 7.96. The van der Waals surface area contributed by atoms with E-state index in [9.17, 15) is 19.8 Å². The third-order valence-electron chi connectivity index (χ3n) is 7.96. The smallest absolute Gasteiger partial charge is 0.330 e. The molecule has 0 spiro atoms. The predicted octanol–water partition coefficient (Wildman–Crippen LogP) is 3.51. The Hall–Kier alpha value is -4.02. The normalized spacial score (nSPS) is 20.5. The number of hydrogen-bond donors (Lipinski definition) is 3. The lowest BCUT2D eigenvalue weighted by Gasteiger charge is -2.37. The van der Waals surface area contributed by atoms with Gasteiger partial charge < -0.3 is 24.4 Å². The number of nitrogens with one attached hydrogen (secondary N) is 1. The van der Waals surface area contributed by atoms with Crippen LogP contribution >= 0.6 is 0 Å². The molecule has 42 heavy (non-hydrogen) atoms. The monoisotopic (exact) mass is 572 g/mol. The summed E-state index contributed by atoms with van der Waals surface area (Å²) >= 11 is 0. The summed E-state index contributed by atoms with van der Waals surface area (Å²) in [6.45, 7) is 1.60. The average Bonchev–Trinajstić information content (AvgIpc) is 3.33. The number of aliphatic hydroxyl groups is 2. The highest BCUT2D eigenvalue weighted by Crippen LogP contribution is 2.43. The summed E-state index contributed by atoms with van der Waals surface area (Å²) in [5.41, 5.74) is 0.785. The lowest BCUT2D eigenvalue weighted by molar-refractivity contribution is -0.0908. The van der Waals surface area contributed by atoms with Crippen LogP contribution in [0, 0.1) is 12.8 Å². The maximum absolute atomic E-state index is 12.7. The van der Waals surface area contributed by atoms with Crippen molar-refractivity contribution in [1.82, 2.24) is 9.55 Å². The second-order valence-corrected chi connectivity index (χ2v) is 10.5. The lowest BCUT2D eigenvalue weighted by atomic mass is 9.80. The van der Waals surface area contributed by atoms with Crippen molar-refractivity contribution in [2.24, 2.45) is 5.92 Å². The zero-order valence-corrected chi connectivity index (χ0v) is 23.7. The van der Waals surface area contributed by atoms with Crippen LogP contribution in [0.2, 0.25) is 0 Å².